The van der Waals surface area contributed by atoms with Crippen molar-refractivity contribution in [2.45, 2.75) is 32.4 Å². The van der Waals surface area contributed by atoms with E-state index >= 15 is 0 Å². The van der Waals surface area contributed by atoms with Gasteiger partial charge in [-0.25, -0.2) is 4.68 Å². The van der Waals surface area contributed by atoms with E-state index in [0.29, 0.717) is 30.4 Å². The number of nitrogens with zero attached hydrogens (tertiary/aromatic N) is 4. The summed E-state index contributed by atoms with van der Waals surface area (Å²) in [4.78, 5) is 30.1. The summed E-state index contributed by atoms with van der Waals surface area (Å²) in [7, 11) is 1.73. The number of nitrogen functional groups attached to an aromatic ring is 1. The van der Waals surface area contributed by atoms with E-state index in [1.165, 1.54) is 11.6 Å². The minimum atomic E-state index is -0.157. The number of hydrogen-bond donors (Lipinski definition) is 2. The maximum Gasteiger partial charge on any atom is 0.254 e. The molecule has 25 heavy (non-hydrogen) atoms. The molecule has 1 aromatic carbocycles. The summed E-state index contributed by atoms with van der Waals surface area (Å²) in [6.07, 6.45) is 1.72. The van der Waals surface area contributed by atoms with Gasteiger partial charge in [0.1, 0.15) is 0 Å². The highest BCUT2D eigenvalue weighted by atomic mass is 16.2. The van der Waals surface area contributed by atoms with Crippen LogP contribution in [0.2, 0.25) is 0 Å². The van der Waals surface area contributed by atoms with Crippen LogP contribution in [-0.2, 0) is 18.4 Å². The Morgan fingerprint density at radius 1 is 1.40 bits per heavy atom. The third-order valence-electron chi connectivity index (χ3n) is 4.34. The molecule has 3 rings (SSSR count). The Labute approximate surface area is 146 Å². The van der Waals surface area contributed by atoms with Crippen LogP contribution in [0.5, 0.6) is 0 Å². The molecule has 1 aliphatic rings. The molecule has 2 amide bonds. The van der Waals surface area contributed by atoms with Gasteiger partial charge >= 0.3 is 0 Å². The highest BCUT2D eigenvalue weighted by Gasteiger charge is 2.33. The summed E-state index contributed by atoms with van der Waals surface area (Å²) in [6, 6.07) is 7.15. The fourth-order valence-electron chi connectivity index (χ4n) is 3.04. The molecule has 1 aliphatic heterocycles. The van der Waals surface area contributed by atoms with Gasteiger partial charge in [0, 0.05) is 32.6 Å². The van der Waals surface area contributed by atoms with E-state index in [2.05, 4.69) is 15.4 Å². The van der Waals surface area contributed by atoms with Crippen LogP contribution in [0.25, 0.3) is 0 Å². The van der Waals surface area contributed by atoms with Crippen LogP contribution in [0, 0.1) is 0 Å². The number of anilines is 1. The molecule has 0 bridgehead atoms. The molecule has 1 aromatic heterocycles. The summed E-state index contributed by atoms with van der Waals surface area (Å²) in [6.45, 7) is 2.53. The second kappa shape index (κ2) is 6.92. The molecule has 1 saturated heterocycles. The van der Waals surface area contributed by atoms with Crippen molar-refractivity contribution >= 4 is 17.8 Å². The van der Waals surface area contributed by atoms with E-state index in [0.717, 1.165) is 18.4 Å². The van der Waals surface area contributed by atoms with Crippen molar-refractivity contribution in [3.63, 3.8) is 0 Å². The molecule has 0 spiro atoms. The number of carbonyl (C=O) groups is 2. The number of benzene rings is 1. The van der Waals surface area contributed by atoms with Gasteiger partial charge < -0.3 is 16.0 Å². The standard InChI is InChI=1S/C17H22N6O2/c1-11(24)19-10-12-5-3-6-13(9-12)16(25)23-8-4-7-14(23)15-20-17(18)22(2)21-15/h3,5-6,9,14H,4,7-8,10H2,1-2H3,(H,19,24)(H2,18,20,21). The molecular formula is C17H22N6O2. The number of nitrogens with two attached hydrogens (primary N) is 1. The Morgan fingerprint density at radius 2 is 2.20 bits per heavy atom. The number of nitrogens with one attached hydrogen (secondary N) is 1. The van der Waals surface area contributed by atoms with Gasteiger partial charge in [-0.1, -0.05) is 12.1 Å². The van der Waals surface area contributed by atoms with Crippen LogP contribution >= 0.6 is 0 Å². The SMILES string of the molecule is CC(=O)NCc1cccc(C(=O)N2CCCC2c2nc(N)n(C)n2)c1. The number of rotatable bonds is 4. The van der Waals surface area contributed by atoms with Crippen LogP contribution < -0.4 is 11.1 Å². The molecule has 0 aliphatic carbocycles. The van der Waals surface area contributed by atoms with Crippen LogP contribution in [0.1, 0.15) is 47.6 Å². The van der Waals surface area contributed by atoms with Crippen molar-refractivity contribution < 1.29 is 9.59 Å². The van der Waals surface area contributed by atoms with Crippen molar-refractivity contribution in [2.24, 2.45) is 7.05 Å². The second-order valence-corrected chi connectivity index (χ2v) is 6.22. The molecule has 3 N–H and O–H groups in total. The first kappa shape index (κ1) is 16.9. The molecule has 1 fully saturated rings. The third kappa shape index (κ3) is 3.62. The molecule has 2 aromatic rings. The number of aryl methyl sites for hydroxylation is 1. The van der Waals surface area contributed by atoms with E-state index in [4.69, 9.17) is 5.73 Å². The lowest BCUT2D eigenvalue weighted by molar-refractivity contribution is -0.119. The van der Waals surface area contributed by atoms with E-state index in [-0.39, 0.29) is 17.9 Å². The lowest BCUT2D eigenvalue weighted by atomic mass is 10.1. The monoisotopic (exact) mass is 342 g/mol. The zero-order chi connectivity index (χ0) is 18.0. The molecule has 0 saturated carbocycles. The zero-order valence-electron chi connectivity index (χ0n) is 14.4. The van der Waals surface area contributed by atoms with Gasteiger partial charge in [0.2, 0.25) is 11.9 Å². The summed E-state index contributed by atoms with van der Waals surface area (Å²) in [5.74, 6) is 0.764. The fourth-order valence-corrected chi connectivity index (χ4v) is 3.04. The summed E-state index contributed by atoms with van der Waals surface area (Å²) in [5, 5.41) is 7.06. The van der Waals surface area contributed by atoms with Crippen LogP contribution in [0.3, 0.4) is 0 Å². The Morgan fingerprint density at radius 3 is 2.88 bits per heavy atom. The van der Waals surface area contributed by atoms with Gasteiger partial charge in [-0.2, -0.15) is 10.1 Å². The quantitative estimate of drug-likeness (QED) is 0.862. The van der Waals surface area contributed by atoms with Crippen molar-refractivity contribution in [2.75, 3.05) is 12.3 Å². The smallest absolute Gasteiger partial charge is 0.254 e. The normalized spacial score (nSPS) is 16.9. The fraction of sp³-hybridized carbons (Fsp3) is 0.412. The molecule has 8 nitrogen and oxygen atoms in total. The van der Waals surface area contributed by atoms with Gasteiger partial charge in [0.25, 0.3) is 5.91 Å². The predicted octanol–water partition coefficient (Wildman–Crippen LogP) is 1.01. The van der Waals surface area contributed by atoms with Crippen LogP contribution in [0.15, 0.2) is 24.3 Å². The van der Waals surface area contributed by atoms with E-state index < -0.39 is 0 Å². The molecular weight excluding hydrogens is 320 g/mol. The first-order valence-electron chi connectivity index (χ1n) is 8.26. The summed E-state index contributed by atoms with van der Waals surface area (Å²) >= 11 is 0. The number of aromatic nitrogens is 3. The lowest BCUT2D eigenvalue weighted by Gasteiger charge is -2.22. The highest BCUT2D eigenvalue weighted by Crippen LogP contribution is 2.31. The predicted molar refractivity (Wildman–Crippen MR) is 92.4 cm³/mol. The van der Waals surface area contributed by atoms with Crippen molar-refractivity contribution in [3.8, 4) is 0 Å². The topological polar surface area (TPSA) is 106 Å². The first-order chi connectivity index (χ1) is 12.0. The second-order valence-electron chi connectivity index (χ2n) is 6.22. The minimum absolute atomic E-state index is 0.0572. The summed E-state index contributed by atoms with van der Waals surface area (Å²) < 4.78 is 1.52. The molecule has 8 heteroatoms. The Balaban J connectivity index is 1.79. The average molecular weight is 342 g/mol. The number of hydrogen-bond acceptors (Lipinski definition) is 5. The maximum atomic E-state index is 13.0. The minimum Gasteiger partial charge on any atom is -0.368 e. The largest absolute Gasteiger partial charge is 0.368 e. The highest BCUT2D eigenvalue weighted by molar-refractivity contribution is 5.94. The average Bonchev–Trinajstić information content (AvgIpc) is 3.19. The molecule has 1 unspecified atom stereocenters. The van der Waals surface area contributed by atoms with Gasteiger partial charge in [0.05, 0.1) is 6.04 Å². The number of carbonyl (C=O) groups excluding carboxylic acids is 2. The van der Waals surface area contributed by atoms with E-state index in [1.807, 2.05) is 18.2 Å². The summed E-state index contributed by atoms with van der Waals surface area (Å²) in [5.41, 5.74) is 7.25. The van der Waals surface area contributed by atoms with Crippen molar-refractivity contribution in [3.05, 3.63) is 41.2 Å². The lowest BCUT2D eigenvalue weighted by Crippen LogP contribution is -2.31. The van der Waals surface area contributed by atoms with Crippen LogP contribution in [0.4, 0.5) is 5.95 Å². The maximum absolute atomic E-state index is 13.0. The molecule has 2 heterocycles. The Bertz CT molecular complexity index is 781. The van der Waals surface area contributed by atoms with Gasteiger partial charge in [0.15, 0.2) is 5.82 Å². The third-order valence-corrected chi connectivity index (χ3v) is 4.34. The van der Waals surface area contributed by atoms with E-state index in [9.17, 15) is 9.59 Å². The van der Waals surface area contributed by atoms with Gasteiger partial charge in [-0.05, 0) is 30.5 Å². The number of likely N-dealkylation sites (tertiary alicyclic amines) is 1. The van der Waals surface area contributed by atoms with Crippen molar-refractivity contribution in [1.82, 2.24) is 25.0 Å². The molecule has 0 radical (unpaired) electrons. The van der Waals surface area contributed by atoms with E-state index in [1.54, 1.807) is 18.0 Å². The number of amides is 2. The Hall–Kier alpha value is -2.90. The van der Waals surface area contributed by atoms with Gasteiger partial charge in [-0.15, -0.1) is 0 Å². The Kier molecular flexibility index (Phi) is 4.69. The van der Waals surface area contributed by atoms with Gasteiger partial charge in [-0.3, -0.25) is 9.59 Å². The first-order valence-corrected chi connectivity index (χ1v) is 8.26. The molecule has 132 valence electrons. The zero-order valence-corrected chi connectivity index (χ0v) is 14.4. The molecule has 1 atom stereocenters. The van der Waals surface area contributed by atoms with Crippen molar-refractivity contribution in [1.29, 1.82) is 0 Å². The van der Waals surface area contributed by atoms with Crippen LogP contribution in [-0.4, -0.2) is 38.0 Å².